The molecule has 1 saturated carbocycles. The van der Waals surface area contributed by atoms with E-state index in [1.165, 1.54) is 4.90 Å². The predicted molar refractivity (Wildman–Crippen MR) is 167 cm³/mol. The van der Waals surface area contributed by atoms with E-state index < -0.39 is 53.2 Å². The Morgan fingerprint density at radius 2 is 1.84 bits per heavy atom. The van der Waals surface area contributed by atoms with E-state index in [1.54, 1.807) is 33.8 Å². The Labute approximate surface area is 261 Å². The van der Waals surface area contributed by atoms with Gasteiger partial charge in [-0.15, -0.1) is 13.2 Å². The Morgan fingerprint density at radius 3 is 2.45 bits per heavy atom. The van der Waals surface area contributed by atoms with Crippen LogP contribution in [0.4, 0.5) is 4.79 Å². The van der Waals surface area contributed by atoms with Crippen LogP contribution in [0.2, 0.25) is 0 Å². The van der Waals surface area contributed by atoms with Crippen molar-refractivity contribution in [2.45, 2.75) is 109 Å². The minimum Gasteiger partial charge on any atom is -0.464 e. The van der Waals surface area contributed by atoms with Crippen molar-refractivity contribution in [3.63, 3.8) is 0 Å². The summed E-state index contributed by atoms with van der Waals surface area (Å²) >= 11 is 0. The Bertz CT molecular complexity index is 1170. The molecule has 3 amide bonds. The number of likely N-dealkylation sites (tertiary alicyclic amines) is 1. The molecule has 0 radical (unpaired) electrons. The molecule has 0 spiro atoms. The number of unbranched alkanes of at least 4 members (excludes halogenated alkanes) is 3. The van der Waals surface area contributed by atoms with Gasteiger partial charge in [0.05, 0.1) is 19.3 Å². The first-order valence-corrected chi connectivity index (χ1v) is 15.6. The number of amides is 3. The molecule has 10 heteroatoms. The van der Waals surface area contributed by atoms with E-state index in [4.69, 9.17) is 14.2 Å². The van der Waals surface area contributed by atoms with Crippen LogP contribution in [0.3, 0.4) is 0 Å². The Balaban J connectivity index is 1.83. The quantitative estimate of drug-likeness (QED) is 0.156. The number of benzene rings is 1. The molecule has 1 heterocycles. The maximum Gasteiger partial charge on any atom is 0.408 e. The third kappa shape index (κ3) is 9.67. The van der Waals surface area contributed by atoms with E-state index in [2.05, 4.69) is 23.8 Å². The number of ether oxygens (including phenoxy) is 3. The highest BCUT2D eigenvalue weighted by Crippen LogP contribution is 2.45. The molecule has 0 aromatic heterocycles. The average molecular weight is 612 g/mol. The van der Waals surface area contributed by atoms with E-state index >= 15 is 0 Å². The SMILES string of the molecule is C=CCCCCCC(NC(=O)OC(C)(C)C)C(=O)N1C[C@H](OCc2ccccc2)CC1C(=O)NC1(C(=O)OCC)C[C@H]1C=C. The second-order valence-corrected chi connectivity index (χ2v) is 12.5. The lowest BCUT2D eigenvalue weighted by molar-refractivity contribution is -0.150. The zero-order chi connectivity index (χ0) is 32.3. The zero-order valence-corrected chi connectivity index (χ0v) is 26.6. The number of hydrogen-bond donors (Lipinski definition) is 2. The summed E-state index contributed by atoms with van der Waals surface area (Å²) in [5, 5.41) is 5.65. The van der Waals surface area contributed by atoms with Gasteiger partial charge in [-0.25, -0.2) is 9.59 Å². The fourth-order valence-corrected chi connectivity index (χ4v) is 5.48. The largest absolute Gasteiger partial charge is 0.464 e. The van der Waals surface area contributed by atoms with Gasteiger partial charge in [-0.2, -0.15) is 0 Å². The Hall–Kier alpha value is -3.66. The zero-order valence-electron chi connectivity index (χ0n) is 26.6. The summed E-state index contributed by atoms with van der Waals surface area (Å²) < 4.78 is 16.9. The number of esters is 1. The minimum atomic E-state index is -1.20. The average Bonchev–Trinajstić information content (AvgIpc) is 3.52. The Kier molecular flexibility index (Phi) is 12.6. The summed E-state index contributed by atoms with van der Waals surface area (Å²) in [6.07, 6.45) is 6.66. The highest BCUT2D eigenvalue weighted by atomic mass is 16.6. The molecular weight excluding hydrogens is 562 g/mol. The normalized spacial score (nSPS) is 23.3. The lowest BCUT2D eigenvalue weighted by Crippen LogP contribution is -2.56. The molecule has 2 fully saturated rings. The van der Waals surface area contributed by atoms with Gasteiger partial charge in [0.15, 0.2) is 0 Å². The van der Waals surface area contributed by atoms with Crippen LogP contribution < -0.4 is 10.6 Å². The smallest absolute Gasteiger partial charge is 0.408 e. The van der Waals surface area contributed by atoms with E-state index in [9.17, 15) is 19.2 Å². The molecule has 1 aromatic carbocycles. The maximum absolute atomic E-state index is 14.1. The number of carbonyl (C=O) groups excluding carboxylic acids is 4. The summed E-state index contributed by atoms with van der Waals surface area (Å²) in [5.41, 5.74) is -0.983. The molecular formula is C34H49N3O7. The van der Waals surface area contributed by atoms with Crippen LogP contribution in [0.15, 0.2) is 55.6 Å². The highest BCUT2D eigenvalue weighted by Gasteiger charge is 2.62. The van der Waals surface area contributed by atoms with Gasteiger partial charge in [-0.3, -0.25) is 9.59 Å². The van der Waals surface area contributed by atoms with Crippen LogP contribution in [-0.4, -0.2) is 71.3 Å². The van der Waals surface area contributed by atoms with Crippen molar-refractivity contribution in [1.29, 1.82) is 0 Å². The second-order valence-electron chi connectivity index (χ2n) is 12.5. The predicted octanol–water partition coefficient (Wildman–Crippen LogP) is 4.83. The van der Waals surface area contributed by atoms with Crippen molar-refractivity contribution >= 4 is 23.9 Å². The third-order valence-electron chi connectivity index (χ3n) is 7.85. The fourth-order valence-electron chi connectivity index (χ4n) is 5.48. The number of nitrogens with one attached hydrogen (secondary N) is 2. The van der Waals surface area contributed by atoms with E-state index in [-0.39, 0.29) is 25.5 Å². The van der Waals surface area contributed by atoms with Crippen LogP contribution in [0.1, 0.15) is 78.2 Å². The van der Waals surface area contributed by atoms with Gasteiger partial charge in [-0.1, -0.05) is 55.3 Å². The molecule has 10 nitrogen and oxygen atoms in total. The van der Waals surface area contributed by atoms with E-state index in [0.717, 1.165) is 24.8 Å². The van der Waals surface area contributed by atoms with Gasteiger partial charge in [0.25, 0.3) is 0 Å². The molecule has 1 aromatic rings. The topological polar surface area (TPSA) is 123 Å². The van der Waals surface area contributed by atoms with Crippen molar-refractivity contribution in [2.75, 3.05) is 13.2 Å². The van der Waals surface area contributed by atoms with Gasteiger partial charge in [0.1, 0.15) is 23.2 Å². The number of alkyl carbamates (subject to hydrolysis) is 1. The van der Waals surface area contributed by atoms with Gasteiger partial charge in [0.2, 0.25) is 11.8 Å². The van der Waals surface area contributed by atoms with Gasteiger partial charge in [0, 0.05) is 18.9 Å². The molecule has 1 aliphatic carbocycles. The fraction of sp³-hybridized carbons (Fsp3) is 0.588. The Morgan fingerprint density at radius 1 is 1.11 bits per heavy atom. The maximum atomic E-state index is 14.1. The highest BCUT2D eigenvalue weighted by molar-refractivity contribution is 5.96. The summed E-state index contributed by atoms with van der Waals surface area (Å²) in [6.45, 7) is 15.2. The summed E-state index contributed by atoms with van der Waals surface area (Å²) in [5.74, 6) is -1.65. The van der Waals surface area contributed by atoms with Gasteiger partial charge < -0.3 is 29.7 Å². The van der Waals surface area contributed by atoms with Gasteiger partial charge >= 0.3 is 12.1 Å². The molecule has 3 rings (SSSR count). The lowest BCUT2D eigenvalue weighted by Gasteiger charge is -2.30. The molecule has 2 aliphatic rings. The monoisotopic (exact) mass is 611 g/mol. The van der Waals surface area contributed by atoms with Crippen LogP contribution >= 0.6 is 0 Å². The van der Waals surface area contributed by atoms with Crippen molar-refractivity contribution in [3.8, 4) is 0 Å². The van der Waals surface area contributed by atoms with Crippen LogP contribution in [0.25, 0.3) is 0 Å². The van der Waals surface area contributed by atoms with Gasteiger partial charge in [-0.05, 0) is 58.9 Å². The number of nitrogens with zero attached hydrogens (tertiary/aromatic N) is 1. The van der Waals surface area contributed by atoms with Crippen molar-refractivity contribution < 1.29 is 33.4 Å². The summed E-state index contributed by atoms with van der Waals surface area (Å²) in [6, 6.07) is 7.83. The molecule has 44 heavy (non-hydrogen) atoms. The number of hydrogen-bond acceptors (Lipinski definition) is 7. The molecule has 242 valence electrons. The van der Waals surface area contributed by atoms with Crippen LogP contribution in [0, 0.1) is 5.92 Å². The molecule has 0 bridgehead atoms. The van der Waals surface area contributed by atoms with E-state index in [1.807, 2.05) is 36.4 Å². The molecule has 5 atom stereocenters. The number of carbonyl (C=O) groups is 4. The number of allylic oxidation sites excluding steroid dienone is 1. The van der Waals surface area contributed by atoms with Crippen molar-refractivity contribution in [1.82, 2.24) is 15.5 Å². The minimum absolute atomic E-state index is 0.157. The van der Waals surface area contributed by atoms with Crippen molar-refractivity contribution in [2.24, 2.45) is 5.92 Å². The first-order valence-electron chi connectivity index (χ1n) is 15.6. The second kappa shape index (κ2) is 15.9. The number of rotatable bonds is 16. The molecule has 1 aliphatic heterocycles. The van der Waals surface area contributed by atoms with Crippen LogP contribution in [0.5, 0.6) is 0 Å². The first-order chi connectivity index (χ1) is 20.9. The molecule has 1 saturated heterocycles. The summed E-state index contributed by atoms with van der Waals surface area (Å²) in [4.78, 5) is 55.1. The standard InChI is InChI=1S/C34H49N3O7/c1-7-10-11-12-16-19-27(35-32(41)44-33(4,5)6)30(39)37-22-26(43-23-24-17-14-13-15-18-24)20-28(37)29(38)36-34(21-25(34)8-2)31(40)42-9-3/h7-8,13-15,17-18,25-28H,1-2,9-12,16,19-23H2,3-6H3,(H,35,41)(H,36,38)/t25-,26-,27?,28?,34?/m1/s1. The van der Waals surface area contributed by atoms with Crippen molar-refractivity contribution in [3.05, 3.63) is 61.2 Å². The van der Waals surface area contributed by atoms with E-state index in [0.29, 0.717) is 25.9 Å². The third-order valence-corrected chi connectivity index (χ3v) is 7.85. The summed E-state index contributed by atoms with van der Waals surface area (Å²) in [7, 11) is 0. The lowest BCUT2D eigenvalue weighted by atomic mass is 10.0. The van der Waals surface area contributed by atoms with Crippen LogP contribution in [-0.2, 0) is 35.2 Å². The molecule has 2 N–H and O–H groups in total. The molecule has 3 unspecified atom stereocenters. The first kappa shape index (κ1) is 34.8.